The van der Waals surface area contributed by atoms with Gasteiger partial charge in [0.25, 0.3) is 0 Å². The molecule has 1 aromatic rings. The molecule has 1 aromatic heterocycles. The summed E-state index contributed by atoms with van der Waals surface area (Å²) >= 11 is 5.98. The van der Waals surface area contributed by atoms with Crippen LogP contribution in [-0.4, -0.2) is 11.1 Å². The molecule has 3 nitrogen and oxygen atoms in total. The van der Waals surface area contributed by atoms with Gasteiger partial charge in [0.15, 0.2) is 5.69 Å². The monoisotopic (exact) mass is 278 g/mol. The van der Waals surface area contributed by atoms with Crippen LogP contribution in [0.15, 0.2) is 12.3 Å². The topological polar surface area (TPSA) is 45.9 Å². The number of hydrogen-bond acceptors (Lipinski definition) is 3. The number of pyridine rings is 1. The lowest BCUT2D eigenvalue weighted by atomic mass is 9.46. The number of aromatic nitrogens is 1. The first-order chi connectivity index (χ1) is 8.71. The van der Waals surface area contributed by atoms with Crippen molar-refractivity contribution in [2.75, 3.05) is 0 Å². The van der Waals surface area contributed by atoms with Crippen molar-refractivity contribution in [1.82, 2.24) is 4.98 Å². The Labute approximate surface area is 119 Å². The fourth-order valence-electron chi connectivity index (χ4n) is 3.28. The highest BCUT2D eigenvalue weighted by Crippen LogP contribution is 2.59. The Bertz CT molecular complexity index is 530. The third-order valence-electron chi connectivity index (χ3n) is 4.76. The third-order valence-corrected chi connectivity index (χ3v) is 5.05. The van der Waals surface area contributed by atoms with E-state index in [0.717, 1.165) is 0 Å². The van der Waals surface area contributed by atoms with E-state index in [0.29, 0.717) is 16.7 Å². The molecule has 1 saturated carbocycles. The summed E-state index contributed by atoms with van der Waals surface area (Å²) in [5.41, 5.74) is 0.461. The van der Waals surface area contributed by atoms with Crippen LogP contribution in [0.5, 0.6) is 5.75 Å². The SMILES string of the molecule is CC1(C)[C@H](C)C(C)(C)[C@H]1Oc1cnc(C#N)c(Cl)c1. The van der Waals surface area contributed by atoms with Crippen LogP contribution in [0.25, 0.3) is 0 Å². The van der Waals surface area contributed by atoms with Gasteiger partial charge in [0.05, 0.1) is 11.2 Å². The molecule has 1 aliphatic rings. The summed E-state index contributed by atoms with van der Waals surface area (Å²) in [6.07, 6.45) is 1.68. The molecular formula is C15H19ClN2O. The Balaban J connectivity index is 2.23. The normalized spacial score (nSPS) is 27.2. The average Bonchev–Trinajstić information content (AvgIpc) is 2.34. The fraction of sp³-hybridized carbons (Fsp3) is 0.600. The van der Waals surface area contributed by atoms with E-state index in [1.54, 1.807) is 12.3 Å². The number of nitriles is 1. The summed E-state index contributed by atoms with van der Waals surface area (Å²) in [4.78, 5) is 4.00. The average molecular weight is 279 g/mol. The molecule has 2 rings (SSSR count). The van der Waals surface area contributed by atoms with Crippen molar-refractivity contribution in [3.63, 3.8) is 0 Å². The van der Waals surface area contributed by atoms with Gasteiger partial charge in [-0.25, -0.2) is 4.98 Å². The van der Waals surface area contributed by atoms with Crippen molar-refractivity contribution >= 4 is 11.6 Å². The molecule has 0 unspecified atom stereocenters. The van der Waals surface area contributed by atoms with E-state index < -0.39 is 0 Å². The zero-order valence-corrected chi connectivity index (χ0v) is 12.7. The van der Waals surface area contributed by atoms with Crippen LogP contribution < -0.4 is 4.74 Å². The van der Waals surface area contributed by atoms with Crippen molar-refractivity contribution in [2.45, 2.75) is 40.7 Å². The predicted octanol–water partition coefficient (Wildman–Crippen LogP) is 4.06. The second-order valence-electron chi connectivity index (χ2n) is 6.48. The van der Waals surface area contributed by atoms with Crippen molar-refractivity contribution in [1.29, 1.82) is 5.26 Å². The van der Waals surface area contributed by atoms with Gasteiger partial charge in [-0.2, -0.15) is 5.26 Å². The Morgan fingerprint density at radius 2 is 1.89 bits per heavy atom. The number of ether oxygens (including phenoxy) is 1. The van der Waals surface area contributed by atoms with Gasteiger partial charge in [-0.1, -0.05) is 46.2 Å². The molecule has 0 saturated heterocycles. The van der Waals surface area contributed by atoms with E-state index in [-0.39, 0.29) is 22.6 Å². The lowest BCUT2D eigenvalue weighted by Crippen LogP contribution is -2.64. The van der Waals surface area contributed by atoms with Crippen molar-refractivity contribution in [2.24, 2.45) is 16.7 Å². The molecule has 0 spiro atoms. The summed E-state index contributed by atoms with van der Waals surface area (Å²) in [7, 11) is 0. The van der Waals surface area contributed by atoms with Crippen molar-refractivity contribution in [3.05, 3.63) is 23.0 Å². The Kier molecular flexibility index (Phi) is 3.26. The van der Waals surface area contributed by atoms with E-state index in [1.807, 2.05) is 6.07 Å². The summed E-state index contributed by atoms with van der Waals surface area (Å²) in [5.74, 6) is 1.20. The second kappa shape index (κ2) is 4.38. The first-order valence-electron chi connectivity index (χ1n) is 6.43. The van der Waals surface area contributed by atoms with Crippen molar-refractivity contribution in [3.8, 4) is 11.8 Å². The highest BCUT2D eigenvalue weighted by atomic mass is 35.5. The predicted molar refractivity (Wildman–Crippen MR) is 75.1 cm³/mol. The number of nitrogens with zero attached hydrogens (tertiary/aromatic N) is 2. The molecule has 0 bridgehead atoms. The molecule has 4 heteroatoms. The molecule has 0 aliphatic heterocycles. The Morgan fingerprint density at radius 3 is 2.37 bits per heavy atom. The molecule has 0 aromatic carbocycles. The van der Waals surface area contributed by atoms with Gasteiger partial charge in [-0.15, -0.1) is 0 Å². The maximum Gasteiger partial charge on any atom is 0.159 e. The number of halogens is 1. The van der Waals surface area contributed by atoms with E-state index in [2.05, 4.69) is 39.6 Å². The first-order valence-corrected chi connectivity index (χ1v) is 6.81. The number of rotatable bonds is 2. The Morgan fingerprint density at radius 1 is 1.32 bits per heavy atom. The minimum Gasteiger partial charge on any atom is -0.488 e. The zero-order valence-electron chi connectivity index (χ0n) is 12.0. The van der Waals surface area contributed by atoms with Crippen LogP contribution in [0, 0.1) is 28.1 Å². The van der Waals surface area contributed by atoms with Gasteiger partial charge in [0, 0.05) is 16.9 Å². The van der Waals surface area contributed by atoms with Crippen LogP contribution in [0.3, 0.4) is 0 Å². The first kappa shape index (κ1) is 14.1. The maximum absolute atomic E-state index is 8.81. The molecule has 1 fully saturated rings. The summed E-state index contributed by atoms with van der Waals surface area (Å²) in [6, 6.07) is 3.61. The van der Waals surface area contributed by atoms with Crippen molar-refractivity contribution < 1.29 is 4.74 Å². The maximum atomic E-state index is 8.81. The smallest absolute Gasteiger partial charge is 0.159 e. The fourth-order valence-corrected chi connectivity index (χ4v) is 3.48. The number of hydrogen-bond donors (Lipinski definition) is 0. The summed E-state index contributed by atoms with van der Waals surface area (Å²) in [5, 5.41) is 9.15. The van der Waals surface area contributed by atoms with Gasteiger partial charge in [0.1, 0.15) is 17.9 Å². The molecule has 1 aliphatic carbocycles. The largest absolute Gasteiger partial charge is 0.488 e. The van der Waals surface area contributed by atoms with Gasteiger partial charge < -0.3 is 4.74 Å². The molecule has 1 heterocycles. The van der Waals surface area contributed by atoms with Gasteiger partial charge in [0.2, 0.25) is 0 Å². The molecule has 0 amide bonds. The van der Waals surface area contributed by atoms with E-state index in [9.17, 15) is 0 Å². The molecule has 0 radical (unpaired) electrons. The van der Waals surface area contributed by atoms with Gasteiger partial charge in [-0.3, -0.25) is 0 Å². The summed E-state index contributed by atoms with van der Waals surface area (Å²) < 4.78 is 6.08. The van der Waals surface area contributed by atoms with Crippen LogP contribution in [-0.2, 0) is 0 Å². The molecule has 19 heavy (non-hydrogen) atoms. The van der Waals surface area contributed by atoms with Crippen LogP contribution in [0.2, 0.25) is 5.02 Å². The van der Waals surface area contributed by atoms with E-state index >= 15 is 0 Å². The van der Waals surface area contributed by atoms with E-state index in [1.165, 1.54) is 0 Å². The molecule has 102 valence electrons. The minimum atomic E-state index is 0.112. The second-order valence-corrected chi connectivity index (χ2v) is 6.88. The Hall–Kier alpha value is -1.27. The molecular weight excluding hydrogens is 260 g/mol. The van der Waals surface area contributed by atoms with E-state index in [4.69, 9.17) is 21.6 Å². The van der Waals surface area contributed by atoms with Crippen LogP contribution in [0.1, 0.15) is 40.3 Å². The lowest BCUT2D eigenvalue weighted by molar-refractivity contribution is -0.190. The molecule has 0 atom stereocenters. The lowest BCUT2D eigenvalue weighted by Gasteiger charge is -2.62. The quantitative estimate of drug-likeness (QED) is 0.820. The third kappa shape index (κ3) is 2.08. The highest BCUT2D eigenvalue weighted by molar-refractivity contribution is 6.31. The zero-order chi connectivity index (χ0) is 14.4. The molecule has 0 N–H and O–H groups in total. The van der Waals surface area contributed by atoms with Crippen LogP contribution >= 0.6 is 11.6 Å². The van der Waals surface area contributed by atoms with Gasteiger partial charge >= 0.3 is 0 Å². The minimum absolute atomic E-state index is 0.112. The standard InChI is InChI=1S/C15H19ClN2O/c1-9-14(2,3)13(15(9,4)5)19-10-6-11(16)12(7-17)18-8-10/h6,8-9,13H,1-5H3/t9-,13-. The van der Waals surface area contributed by atoms with Crippen LogP contribution in [0.4, 0.5) is 0 Å². The summed E-state index contributed by atoms with van der Waals surface area (Å²) in [6.45, 7) is 11.1. The highest BCUT2D eigenvalue weighted by Gasteiger charge is 2.61. The van der Waals surface area contributed by atoms with Gasteiger partial charge in [-0.05, 0) is 5.92 Å².